The van der Waals surface area contributed by atoms with Crippen molar-refractivity contribution in [3.63, 3.8) is 0 Å². The van der Waals surface area contributed by atoms with Crippen LogP contribution in [0.3, 0.4) is 0 Å². The van der Waals surface area contributed by atoms with E-state index >= 15 is 0 Å². The monoisotopic (exact) mass is 456 g/mol. The second kappa shape index (κ2) is 8.30. The molecule has 0 aliphatic carbocycles. The number of piperazine rings is 1. The molecular formula is C21H18Cl2N6O2. The van der Waals surface area contributed by atoms with Crippen molar-refractivity contribution in [3.8, 4) is 11.5 Å². The molecular weight excluding hydrogens is 439 g/mol. The van der Waals surface area contributed by atoms with Crippen LogP contribution >= 0.6 is 23.2 Å². The van der Waals surface area contributed by atoms with Gasteiger partial charge in [0.25, 0.3) is 5.91 Å². The number of benzene rings is 2. The van der Waals surface area contributed by atoms with Crippen LogP contribution in [-0.4, -0.2) is 62.3 Å². The van der Waals surface area contributed by atoms with E-state index in [0.29, 0.717) is 65.8 Å². The quantitative estimate of drug-likeness (QED) is 0.500. The highest BCUT2D eigenvalue weighted by Crippen LogP contribution is 2.29. The van der Waals surface area contributed by atoms with E-state index < -0.39 is 0 Å². The van der Waals surface area contributed by atoms with Crippen LogP contribution in [0.4, 0.5) is 0 Å². The summed E-state index contributed by atoms with van der Waals surface area (Å²) in [5.41, 5.74) is 1.97. The van der Waals surface area contributed by atoms with Gasteiger partial charge in [-0.15, -0.1) is 10.2 Å². The fraction of sp³-hybridized carbons (Fsp3) is 0.238. The molecule has 4 aromatic rings. The molecule has 1 amide bonds. The van der Waals surface area contributed by atoms with Gasteiger partial charge in [-0.05, 0) is 24.3 Å². The third kappa shape index (κ3) is 4.01. The predicted molar refractivity (Wildman–Crippen MR) is 117 cm³/mol. The summed E-state index contributed by atoms with van der Waals surface area (Å²) in [4.78, 5) is 16.9. The lowest BCUT2D eigenvalue weighted by Crippen LogP contribution is -2.48. The number of carbonyl (C=O) groups is 1. The van der Waals surface area contributed by atoms with E-state index in [-0.39, 0.29) is 5.91 Å². The SMILES string of the molecule is O=C(c1n[nH]c2ccccc12)N1CCN(Cc2nnc(-c3ccc(Cl)cc3Cl)o2)CC1. The van der Waals surface area contributed by atoms with E-state index in [1.165, 1.54) is 0 Å². The van der Waals surface area contributed by atoms with Gasteiger partial charge in [0.2, 0.25) is 11.8 Å². The molecule has 3 heterocycles. The zero-order valence-corrected chi connectivity index (χ0v) is 17.9. The first-order valence-electron chi connectivity index (χ1n) is 9.81. The highest BCUT2D eigenvalue weighted by molar-refractivity contribution is 6.36. The average molecular weight is 457 g/mol. The smallest absolute Gasteiger partial charge is 0.275 e. The summed E-state index contributed by atoms with van der Waals surface area (Å²) in [5, 5.41) is 17.2. The van der Waals surface area contributed by atoms with Gasteiger partial charge in [0.1, 0.15) is 0 Å². The molecule has 0 saturated carbocycles. The summed E-state index contributed by atoms with van der Waals surface area (Å²) >= 11 is 12.2. The number of rotatable bonds is 4. The Hall–Kier alpha value is -2.94. The third-order valence-electron chi connectivity index (χ3n) is 5.32. The third-order valence-corrected chi connectivity index (χ3v) is 5.87. The Kier molecular flexibility index (Phi) is 5.35. The van der Waals surface area contributed by atoms with Gasteiger partial charge in [-0.25, -0.2) is 0 Å². The van der Waals surface area contributed by atoms with Crippen molar-refractivity contribution in [2.45, 2.75) is 6.54 Å². The molecule has 0 atom stereocenters. The molecule has 1 aliphatic rings. The maximum Gasteiger partial charge on any atom is 0.275 e. The molecule has 158 valence electrons. The predicted octanol–water partition coefficient (Wildman–Crippen LogP) is 3.88. The fourth-order valence-electron chi connectivity index (χ4n) is 3.67. The van der Waals surface area contributed by atoms with Gasteiger partial charge in [-0.1, -0.05) is 41.4 Å². The van der Waals surface area contributed by atoms with E-state index in [2.05, 4.69) is 25.3 Å². The summed E-state index contributed by atoms with van der Waals surface area (Å²) in [5.74, 6) is 0.796. The van der Waals surface area contributed by atoms with Crippen molar-refractivity contribution in [1.29, 1.82) is 0 Å². The molecule has 0 unspecified atom stereocenters. The van der Waals surface area contributed by atoms with Crippen molar-refractivity contribution in [1.82, 2.24) is 30.2 Å². The standard InChI is InChI=1S/C21H18Cl2N6O2/c22-13-5-6-14(16(23)11-13)20-27-25-18(31-20)12-28-7-9-29(10-8-28)21(30)19-15-3-1-2-4-17(15)24-26-19/h1-6,11H,7-10,12H2,(H,24,26). The summed E-state index contributed by atoms with van der Waals surface area (Å²) in [6.45, 7) is 3.11. The number of H-pyrrole nitrogens is 1. The van der Waals surface area contributed by atoms with Gasteiger partial charge in [0.05, 0.1) is 22.6 Å². The Morgan fingerprint density at radius 1 is 1.06 bits per heavy atom. The molecule has 1 fully saturated rings. The van der Waals surface area contributed by atoms with E-state index in [1.807, 2.05) is 29.2 Å². The average Bonchev–Trinajstić information content (AvgIpc) is 3.41. The summed E-state index contributed by atoms with van der Waals surface area (Å²) in [6.07, 6.45) is 0. The fourth-order valence-corrected chi connectivity index (χ4v) is 4.16. The van der Waals surface area contributed by atoms with Crippen LogP contribution in [0.5, 0.6) is 0 Å². The Labute approximate surface area is 187 Å². The summed E-state index contributed by atoms with van der Waals surface area (Å²) in [7, 11) is 0. The van der Waals surface area contributed by atoms with E-state index in [9.17, 15) is 4.79 Å². The van der Waals surface area contributed by atoms with Crippen LogP contribution in [0.1, 0.15) is 16.4 Å². The second-order valence-electron chi connectivity index (χ2n) is 7.31. The molecule has 8 nitrogen and oxygen atoms in total. The van der Waals surface area contributed by atoms with Gasteiger partial charge in [0, 0.05) is 36.6 Å². The van der Waals surface area contributed by atoms with Crippen LogP contribution in [0, 0.1) is 0 Å². The van der Waals surface area contributed by atoms with Crippen LogP contribution in [0.25, 0.3) is 22.4 Å². The Morgan fingerprint density at radius 2 is 1.87 bits per heavy atom. The molecule has 0 bridgehead atoms. The van der Waals surface area contributed by atoms with E-state index in [4.69, 9.17) is 27.6 Å². The molecule has 10 heteroatoms. The lowest BCUT2D eigenvalue weighted by molar-refractivity contribution is 0.0614. The maximum atomic E-state index is 12.9. The number of aromatic nitrogens is 4. The number of para-hydroxylation sites is 1. The molecule has 0 radical (unpaired) electrons. The van der Waals surface area contributed by atoms with Gasteiger partial charge in [0.15, 0.2) is 5.69 Å². The number of fused-ring (bicyclic) bond motifs is 1. The molecule has 2 aromatic heterocycles. The highest BCUT2D eigenvalue weighted by Gasteiger charge is 2.26. The first-order valence-corrected chi connectivity index (χ1v) is 10.6. The first-order chi connectivity index (χ1) is 15.1. The van der Waals surface area contributed by atoms with Crippen molar-refractivity contribution >= 4 is 40.0 Å². The van der Waals surface area contributed by atoms with Gasteiger partial charge >= 0.3 is 0 Å². The van der Waals surface area contributed by atoms with Crippen LogP contribution in [0.2, 0.25) is 10.0 Å². The highest BCUT2D eigenvalue weighted by atomic mass is 35.5. The Morgan fingerprint density at radius 3 is 2.68 bits per heavy atom. The number of hydrogen-bond donors (Lipinski definition) is 1. The van der Waals surface area contributed by atoms with Gasteiger partial charge in [-0.3, -0.25) is 14.8 Å². The molecule has 31 heavy (non-hydrogen) atoms. The zero-order chi connectivity index (χ0) is 21.4. The largest absolute Gasteiger partial charge is 0.419 e. The van der Waals surface area contributed by atoms with Crippen LogP contribution in [-0.2, 0) is 6.54 Å². The van der Waals surface area contributed by atoms with Crippen molar-refractivity contribution in [3.05, 3.63) is 64.1 Å². The first kappa shape index (κ1) is 20.0. The molecule has 5 rings (SSSR count). The summed E-state index contributed by atoms with van der Waals surface area (Å²) in [6, 6.07) is 12.8. The number of nitrogens with zero attached hydrogens (tertiary/aromatic N) is 5. The minimum absolute atomic E-state index is 0.0606. The van der Waals surface area contributed by atoms with E-state index in [0.717, 1.165) is 10.9 Å². The van der Waals surface area contributed by atoms with Crippen molar-refractivity contribution in [2.75, 3.05) is 26.2 Å². The van der Waals surface area contributed by atoms with Crippen molar-refractivity contribution in [2.24, 2.45) is 0 Å². The summed E-state index contributed by atoms with van der Waals surface area (Å²) < 4.78 is 5.79. The van der Waals surface area contributed by atoms with Crippen LogP contribution < -0.4 is 0 Å². The number of amides is 1. The topological polar surface area (TPSA) is 91.2 Å². The zero-order valence-electron chi connectivity index (χ0n) is 16.4. The maximum absolute atomic E-state index is 12.9. The number of hydrogen-bond acceptors (Lipinski definition) is 6. The number of halogens is 2. The lowest BCUT2D eigenvalue weighted by Gasteiger charge is -2.33. The molecule has 2 aromatic carbocycles. The molecule has 1 aliphatic heterocycles. The Bertz CT molecular complexity index is 1250. The van der Waals surface area contributed by atoms with Crippen molar-refractivity contribution < 1.29 is 9.21 Å². The molecule has 0 spiro atoms. The normalized spacial score (nSPS) is 15.0. The number of aromatic amines is 1. The molecule has 1 N–H and O–H groups in total. The van der Waals surface area contributed by atoms with Gasteiger partial charge in [-0.2, -0.15) is 5.10 Å². The Balaban J connectivity index is 1.21. The molecule has 1 saturated heterocycles. The number of nitrogens with one attached hydrogen (secondary N) is 1. The second-order valence-corrected chi connectivity index (χ2v) is 8.15. The van der Waals surface area contributed by atoms with Gasteiger partial charge < -0.3 is 9.32 Å². The minimum atomic E-state index is -0.0606. The van der Waals surface area contributed by atoms with Crippen LogP contribution in [0.15, 0.2) is 46.9 Å². The van der Waals surface area contributed by atoms with E-state index in [1.54, 1.807) is 18.2 Å². The lowest BCUT2D eigenvalue weighted by atomic mass is 10.2. The minimum Gasteiger partial charge on any atom is -0.419 e. The number of carbonyl (C=O) groups excluding carboxylic acids is 1.